The summed E-state index contributed by atoms with van der Waals surface area (Å²) in [7, 11) is -4.23. The van der Waals surface area contributed by atoms with Crippen LogP contribution in [-0.4, -0.2) is 9.79 Å². The zero-order valence-corrected chi connectivity index (χ0v) is 16.7. The summed E-state index contributed by atoms with van der Waals surface area (Å²) in [6, 6.07) is 33.7. The van der Waals surface area contributed by atoms with Crippen molar-refractivity contribution in [2.24, 2.45) is 0 Å². The zero-order chi connectivity index (χ0) is 20.3. The van der Waals surface area contributed by atoms with Crippen LogP contribution in [0.5, 0.6) is 0 Å². The van der Waals surface area contributed by atoms with E-state index in [0.717, 1.165) is 33.4 Å². The van der Waals surface area contributed by atoms with Crippen molar-refractivity contribution in [3.63, 3.8) is 0 Å². The molecule has 0 atom stereocenters. The summed E-state index contributed by atoms with van der Waals surface area (Å²) >= 11 is 0. The summed E-state index contributed by atoms with van der Waals surface area (Å²) in [4.78, 5) is 19.4. The van der Waals surface area contributed by atoms with Crippen LogP contribution in [0, 0.1) is 0 Å². The van der Waals surface area contributed by atoms with Gasteiger partial charge in [0.25, 0.3) is 0 Å². The smallest absolute Gasteiger partial charge is 0.324 e. The van der Waals surface area contributed by atoms with Gasteiger partial charge >= 0.3 is 7.60 Å². The van der Waals surface area contributed by atoms with Crippen LogP contribution < -0.4 is 0 Å². The lowest BCUT2D eigenvalue weighted by Crippen LogP contribution is -1.97. The molecule has 4 heteroatoms. The molecule has 0 heterocycles. The van der Waals surface area contributed by atoms with Crippen LogP contribution in [0.25, 0.3) is 33.4 Å². The molecule has 0 aliphatic rings. The fourth-order valence-electron chi connectivity index (χ4n) is 3.70. The van der Waals surface area contributed by atoms with Crippen LogP contribution in [0.1, 0.15) is 5.56 Å². The van der Waals surface area contributed by atoms with Crippen molar-refractivity contribution in [3.8, 4) is 33.4 Å². The first-order chi connectivity index (χ1) is 14.0. The van der Waals surface area contributed by atoms with Gasteiger partial charge in [-0.15, -0.1) is 0 Å². The number of benzene rings is 4. The lowest BCUT2D eigenvalue weighted by Gasteiger charge is -2.20. The molecule has 0 saturated heterocycles. The maximum atomic E-state index is 11.9. The maximum absolute atomic E-state index is 11.9. The van der Waals surface area contributed by atoms with Gasteiger partial charge in [-0.3, -0.25) is 4.57 Å². The van der Waals surface area contributed by atoms with Crippen molar-refractivity contribution in [1.82, 2.24) is 0 Å². The number of rotatable bonds is 5. The van der Waals surface area contributed by atoms with Crippen molar-refractivity contribution >= 4 is 7.60 Å². The van der Waals surface area contributed by atoms with Crippen LogP contribution in [0.4, 0.5) is 0 Å². The highest BCUT2D eigenvalue weighted by Crippen LogP contribution is 2.47. The van der Waals surface area contributed by atoms with E-state index in [1.165, 1.54) is 0 Å². The number of hydrogen-bond donors (Lipinski definition) is 2. The molecule has 0 aliphatic carbocycles. The first-order valence-electron chi connectivity index (χ1n) is 9.40. The van der Waals surface area contributed by atoms with Crippen LogP contribution in [-0.2, 0) is 10.7 Å². The summed E-state index contributed by atoms with van der Waals surface area (Å²) in [6.45, 7) is 0. The van der Waals surface area contributed by atoms with Crippen LogP contribution >= 0.6 is 7.60 Å². The Morgan fingerprint density at radius 3 is 1.48 bits per heavy atom. The summed E-state index contributed by atoms with van der Waals surface area (Å²) in [5, 5.41) is 0. The van der Waals surface area contributed by atoms with Gasteiger partial charge in [0.1, 0.15) is 0 Å². The summed E-state index contributed by atoms with van der Waals surface area (Å²) < 4.78 is 11.9. The largest absolute Gasteiger partial charge is 0.329 e. The van der Waals surface area contributed by atoms with Gasteiger partial charge in [-0.1, -0.05) is 103 Å². The van der Waals surface area contributed by atoms with E-state index >= 15 is 0 Å². The second-order valence-corrected chi connectivity index (χ2v) is 8.59. The Morgan fingerprint density at radius 1 is 0.552 bits per heavy atom. The average Bonchev–Trinajstić information content (AvgIpc) is 2.74. The average molecular weight is 400 g/mol. The van der Waals surface area contributed by atoms with E-state index in [-0.39, 0.29) is 6.16 Å². The molecule has 0 unspecified atom stereocenters. The molecular weight excluding hydrogens is 379 g/mol. The first-order valence-corrected chi connectivity index (χ1v) is 11.2. The highest BCUT2D eigenvalue weighted by Gasteiger charge is 2.22. The first kappa shape index (κ1) is 19.4. The molecular formula is C25H21O3P. The third kappa shape index (κ3) is 4.38. The highest BCUT2D eigenvalue weighted by molar-refractivity contribution is 7.50. The summed E-state index contributed by atoms with van der Waals surface area (Å²) in [5.41, 5.74) is 6.53. The van der Waals surface area contributed by atoms with Gasteiger partial charge in [0.15, 0.2) is 0 Å². The van der Waals surface area contributed by atoms with E-state index in [1.807, 2.05) is 91.0 Å². The van der Waals surface area contributed by atoms with Gasteiger partial charge in [-0.2, -0.15) is 0 Å². The van der Waals surface area contributed by atoms with Crippen molar-refractivity contribution in [2.75, 3.05) is 0 Å². The molecule has 0 spiro atoms. The standard InChI is InChI=1S/C25H21O3P/c26-29(27,28)18-22-16-17-23(19-10-4-1-5-11-19)25(21-14-8-3-9-15-21)24(22)20-12-6-2-7-13-20/h1-17H,18H2,(H2,26,27,28). The minimum Gasteiger partial charge on any atom is -0.324 e. The fourth-order valence-corrected chi connectivity index (χ4v) is 4.40. The molecule has 0 amide bonds. The minimum absolute atomic E-state index is 0.299. The predicted molar refractivity (Wildman–Crippen MR) is 118 cm³/mol. The molecule has 0 saturated carbocycles. The van der Waals surface area contributed by atoms with Crippen LogP contribution in [0.3, 0.4) is 0 Å². The lowest BCUT2D eigenvalue weighted by atomic mass is 9.85. The normalized spacial score (nSPS) is 11.4. The third-order valence-corrected chi connectivity index (χ3v) is 5.63. The lowest BCUT2D eigenvalue weighted by molar-refractivity contribution is 0.372. The van der Waals surface area contributed by atoms with Gasteiger partial charge in [-0.05, 0) is 38.9 Å². The third-order valence-electron chi connectivity index (χ3n) is 4.88. The Morgan fingerprint density at radius 2 is 1.00 bits per heavy atom. The monoisotopic (exact) mass is 400 g/mol. The topological polar surface area (TPSA) is 57.5 Å². The number of hydrogen-bond acceptors (Lipinski definition) is 1. The Bertz CT molecular complexity index is 1150. The van der Waals surface area contributed by atoms with Gasteiger partial charge in [-0.25, -0.2) is 0 Å². The Kier molecular flexibility index (Phi) is 5.46. The van der Waals surface area contributed by atoms with Crippen LogP contribution in [0.15, 0.2) is 103 Å². The van der Waals surface area contributed by atoms with Gasteiger partial charge in [0.05, 0.1) is 6.16 Å². The van der Waals surface area contributed by atoms with E-state index < -0.39 is 7.60 Å². The quantitative estimate of drug-likeness (QED) is 0.383. The summed E-state index contributed by atoms with van der Waals surface area (Å²) in [6.07, 6.45) is -0.299. The summed E-state index contributed by atoms with van der Waals surface area (Å²) in [5.74, 6) is 0. The van der Waals surface area contributed by atoms with Crippen molar-refractivity contribution in [2.45, 2.75) is 6.16 Å². The molecule has 0 bridgehead atoms. The van der Waals surface area contributed by atoms with E-state index in [4.69, 9.17) is 0 Å². The Balaban J connectivity index is 2.09. The molecule has 0 aromatic heterocycles. The molecule has 4 aromatic carbocycles. The minimum atomic E-state index is -4.23. The van der Waals surface area contributed by atoms with Gasteiger partial charge in [0.2, 0.25) is 0 Å². The second-order valence-electron chi connectivity index (χ2n) is 6.94. The second kappa shape index (κ2) is 8.18. The maximum Gasteiger partial charge on any atom is 0.329 e. The van der Waals surface area contributed by atoms with E-state index in [0.29, 0.717) is 5.56 Å². The molecule has 0 aliphatic heterocycles. The predicted octanol–water partition coefficient (Wildman–Crippen LogP) is 6.37. The zero-order valence-electron chi connectivity index (χ0n) is 15.8. The van der Waals surface area contributed by atoms with Crippen molar-refractivity contribution in [3.05, 3.63) is 109 Å². The molecule has 4 aromatic rings. The molecule has 144 valence electrons. The van der Waals surface area contributed by atoms with Gasteiger partial charge < -0.3 is 9.79 Å². The van der Waals surface area contributed by atoms with E-state index in [1.54, 1.807) is 0 Å². The van der Waals surface area contributed by atoms with E-state index in [2.05, 4.69) is 12.1 Å². The molecule has 29 heavy (non-hydrogen) atoms. The molecule has 3 nitrogen and oxygen atoms in total. The van der Waals surface area contributed by atoms with Gasteiger partial charge in [0, 0.05) is 0 Å². The highest BCUT2D eigenvalue weighted by atomic mass is 31.2. The molecule has 2 N–H and O–H groups in total. The Labute approximate surface area is 170 Å². The van der Waals surface area contributed by atoms with Crippen molar-refractivity contribution < 1.29 is 14.4 Å². The molecule has 0 fully saturated rings. The molecule has 4 rings (SSSR count). The fraction of sp³-hybridized carbons (Fsp3) is 0.0400. The molecule has 0 radical (unpaired) electrons. The van der Waals surface area contributed by atoms with Crippen molar-refractivity contribution in [1.29, 1.82) is 0 Å². The van der Waals surface area contributed by atoms with Crippen LogP contribution in [0.2, 0.25) is 0 Å². The Hall–Kier alpha value is -2.97. The SMILES string of the molecule is O=P(O)(O)Cc1ccc(-c2ccccc2)c(-c2ccccc2)c1-c1ccccc1. The van der Waals surface area contributed by atoms with E-state index in [9.17, 15) is 14.4 Å².